The molecule has 12 heavy (non-hydrogen) atoms. The third-order valence-corrected chi connectivity index (χ3v) is 2.35. The molecule has 0 aromatic rings. The Morgan fingerprint density at radius 2 is 2.42 bits per heavy atom. The van der Waals surface area contributed by atoms with Gasteiger partial charge in [-0.2, -0.15) is 0 Å². The number of nitrogens with one attached hydrogen (secondary N) is 1. The van der Waals surface area contributed by atoms with E-state index in [0.29, 0.717) is 6.61 Å². The molecule has 3 heteroatoms. The van der Waals surface area contributed by atoms with Crippen LogP contribution in [-0.2, 0) is 9.53 Å². The van der Waals surface area contributed by atoms with Gasteiger partial charge in [-0.3, -0.25) is 4.79 Å². The Balaban J connectivity index is 2.42. The quantitative estimate of drug-likeness (QED) is 0.628. The van der Waals surface area contributed by atoms with E-state index < -0.39 is 0 Å². The largest absolute Gasteiger partial charge is 0.466 e. The van der Waals surface area contributed by atoms with Crippen molar-refractivity contribution in [1.29, 1.82) is 0 Å². The van der Waals surface area contributed by atoms with Crippen LogP contribution in [0.1, 0.15) is 26.7 Å². The Hall–Kier alpha value is -0.570. The van der Waals surface area contributed by atoms with Gasteiger partial charge in [0.1, 0.15) is 0 Å². The van der Waals surface area contributed by atoms with Gasteiger partial charge in [0, 0.05) is 6.04 Å². The lowest BCUT2D eigenvalue weighted by Gasteiger charge is -2.27. The van der Waals surface area contributed by atoms with Crippen molar-refractivity contribution in [1.82, 2.24) is 5.32 Å². The summed E-state index contributed by atoms with van der Waals surface area (Å²) >= 11 is 0. The molecule has 70 valence electrons. The van der Waals surface area contributed by atoms with E-state index in [-0.39, 0.29) is 17.9 Å². The van der Waals surface area contributed by atoms with Crippen LogP contribution in [0.5, 0.6) is 0 Å². The van der Waals surface area contributed by atoms with Crippen molar-refractivity contribution >= 4 is 5.97 Å². The average molecular weight is 171 g/mol. The predicted octanol–water partition coefficient (Wildman–Crippen LogP) is 0.938. The van der Waals surface area contributed by atoms with Crippen LogP contribution in [0.2, 0.25) is 0 Å². The first-order chi connectivity index (χ1) is 5.75. The molecule has 1 saturated heterocycles. The number of hydrogen-bond acceptors (Lipinski definition) is 3. The zero-order valence-electron chi connectivity index (χ0n) is 7.80. The first kappa shape index (κ1) is 9.52. The summed E-state index contributed by atoms with van der Waals surface area (Å²) < 4.78 is 4.97. The van der Waals surface area contributed by atoms with Gasteiger partial charge in [0.25, 0.3) is 0 Å². The van der Waals surface area contributed by atoms with Gasteiger partial charge >= 0.3 is 5.97 Å². The third kappa shape index (κ3) is 2.21. The topological polar surface area (TPSA) is 38.3 Å². The summed E-state index contributed by atoms with van der Waals surface area (Å²) in [6.07, 6.45) is 2.04. The maximum Gasteiger partial charge on any atom is 0.310 e. The molecule has 0 saturated carbocycles. The molecule has 0 unspecified atom stereocenters. The van der Waals surface area contributed by atoms with Crippen molar-refractivity contribution in [3.63, 3.8) is 0 Å². The van der Waals surface area contributed by atoms with E-state index in [1.165, 1.54) is 0 Å². The molecule has 2 atom stereocenters. The molecule has 0 aliphatic carbocycles. The predicted molar refractivity (Wildman–Crippen MR) is 46.8 cm³/mol. The molecule has 0 spiro atoms. The van der Waals surface area contributed by atoms with Crippen LogP contribution in [0.25, 0.3) is 0 Å². The first-order valence-corrected chi connectivity index (χ1v) is 4.65. The fourth-order valence-corrected chi connectivity index (χ4v) is 1.62. The van der Waals surface area contributed by atoms with Crippen LogP contribution in [-0.4, -0.2) is 25.2 Å². The SMILES string of the molecule is CCOC(=O)[C@@H]1CCCN[C@H]1C. The van der Waals surface area contributed by atoms with Gasteiger partial charge in [0.2, 0.25) is 0 Å². The van der Waals surface area contributed by atoms with Gasteiger partial charge in [-0.15, -0.1) is 0 Å². The molecule has 1 aliphatic rings. The zero-order chi connectivity index (χ0) is 8.97. The Bertz CT molecular complexity index is 159. The molecule has 0 bridgehead atoms. The van der Waals surface area contributed by atoms with Gasteiger partial charge in [-0.25, -0.2) is 0 Å². The van der Waals surface area contributed by atoms with Crippen molar-refractivity contribution in [2.45, 2.75) is 32.7 Å². The van der Waals surface area contributed by atoms with E-state index in [4.69, 9.17) is 4.74 Å². The number of rotatable bonds is 2. The number of hydrogen-bond donors (Lipinski definition) is 1. The monoisotopic (exact) mass is 171 g/mol. The lowest BCUT2D eigenvalue weighted by molar-refractivity contribution is -0.149. The number of esters is 1. The third-order valence-electron chi connectivity index (χ3n) is 2.35. The molecular weight excluding hydrogens is 154 g/mol. The van der Waals surface area contributed by atoms with Crippen molar-refractivity contribution in [3.05, 3.63) is 0 Å². The molecule has 3 nitrogen and oxygen atoms in total. The van der Waals surface area contributed by atoms with Crippen LogP contribution in [0.3, 0.4) is 0 Å². The van der Waals surface area contributed by atoms with Crippen LogP contribution in [0, 0.1) is 5.92 Å². The molecule has 1 N–H and O–H groups in total. The fraction of sp³-hybridized carbons (Fsp3) is 0.889. The first-order valence-electron chi connectivity index (χ1n) is 4.65. The molecule has 0 radical (unpaired) electrons. The van der Waals surface area contributed by atoms with Gasteiger partial charge < -0.3 is 10.1 Å². The maximum absolute atomic E-state index is 11.3. The molecule has 1 rings (SSSR count). The summed E-state index contributed by atoms with van der Waals surface area (Å²) in [5, 5.41) is 3.27. The van der Waals surface area contributed by atoms with Crippen molar-refractivity contribution in [2.75, 3.05) is 13.2 Å². The summed E-state index contributed by atoms with van der Waals surface area (Å²) in [6, 6.07) is 0.276. The van der Waals surface area contributed by atoms with E-state index >= 15 is 0 Å². The molecule has 1 aliphatic heterocycles. The van der Waals surface area contributed by atoms with E-state index in [9.17, 15) is 4.79 Å². The van der Waals surface area contributed by atoms with Crippen LogP contribution >= 0.6 is 0 Å². The van der Waals surface area contributed by atoms with E-state index in [0.717, 1.165) is 19.4 Å². The molecule has 1 heterocycles. The Kier molecular flexibility index (Phi) is 3.53. The Labute approximate surface area is 73.5 Å². The summed E-state index contributed by atoms with van der Waals surface area (Å²) in [7, 11) is 0. The molecule has 0 aromatic carbocycles. The van der Waals surface area contributed by atoms with Gasteiger partial charge in [-0.1, -0.05) is 0 Å². The minimum atomic E-state index is -0.0443. The molecule has 0 amide bonds. The number of carbonyl (C=O) groups is 1. The van der Waals surface area contributed by atoms with Gasteiger partial charge in [0.15, 0.2) is 0 Å². The van der Waals surface area contributed by atoms with E-state index in [1.54, 1.807) is 0 Å². The Morgan fingerprint density at radius 3 is 3.00 bits per heavy atom. The Morgan fingerprint density at radius 1 is 1.67 bits per heavy atom. The second kappa shape index (κ2) is 4.45. The molecule has 0 aromatic heterocycles. The van der Waals surface area contributed by atoms with Gasteiger partial charge in [-0.05, 0) is 33.2 Å². The highest BCUT2D eigenvalue weighted by atomic mass is 16.5. The normalized spacial score (nSPS) is 29.8. The van der Waals surface area contributed by atoms with Crippen molar-refractivity contribution in [2.24, 2.45) is 5.92 Å². The molecular formula is C9H17NO2. The molecule has 1 fully saturated rings. The maximum atomic E-state index is 11.3. The second-order valence-corrected chi connectivity index (χ2v) is 3.24. The van der Waals surface area contributed by atoms with Crippen LogP contribution in [0.4, 0.5) is 0 Å². The number of ether oxygens (including phenoxy) is 1. The van der Waals surface area contributed by atoms with Crippen LogP contribution < -0.4 is 5.32 Å². The fourth-order valence-electron chi connectivity index (χ4n) is 1.62. The highest BCUT2D eigenvalue weighted by Crippen LogP contribution is 2.17. The van der Waals surface area contributed by atoms with Crippen LogP contribution in [0.15, 0.2) is 0 Å². The van der Waals surface area contributed by atoms with Crippen molar-refractivity contribution in [3.8, 4) is 0 Å². The second-order valence-electron chi connectivity index (χ2n) is 3.24. The zero-order valence-corrected chi connectivity index (χ0v) is 7.80. The number of piperidine rings is 1. The highest BCUT2D eigenvalue weighted by Gasteiger charge is 2.28. The lowest BCUT2D eigenvalue weighted by atomic mass is 9.92. The lowest BCUT2D eigenvalue weighted by Crippen LogP contribution is -2.43. The van der Waals surface area contributed by atoms with E-state index in [2.05, 4.69) is 5.32 Å². The van der Waals surface area contributed by atoms with E-state index in [1.807, 2.05) is 13.8 Å². The van der Waals surface area contributed by atoms with Gasteiger partial charge in [0.05, 0.1) is 12.5 Å². The minimum absolute atomic E-state index is 0.0443. The summed E-state index contributed by atoms with van der Waals surface area (Å²) in [4.78, 5) is 11.3. The summed E-state index contributed by atoms with van der Waals surface area (Å²) in [5.74, 6) is 0.0240. The minimum Gasteiger partial charge on any atom is -0.466 e. The highest BCUT2D eigenvalue weighted by molar-refractivity contribution is 5.73. The van der Waals surface area contributed by atoms with Crippen molar-refractivity contribution < 1.29 is 9.53 Å². The standard InChI is InChI=1S/C9H17NO2/c1-3-12-9(11)8-5-4-6-10-7(8)2/h7-8,10H,3-6H2,1-2H3/t7-,8+/m0/s1. The average Bonchev–Trinajstić information content (AvgIpc) is 2.05. The summed E-state index contributed by atoms with van der Waals surface area (Å²) in [5.41, 5.74) is 0. The summed E-state index contributed by atoms with van der Waals surface area (Å²) in [6.45, 7) is 5.40. The number of carbonyl (C=O) groups excluding carboxylic acids is 1. The smallest absolute Gasteiger partial charge is 0.310 e.